The van der Waals surface area contributed by atoms with Crippen molar-refractivity contribution >= 4 is 17.8 Å². The Morgan fingerprint density at radius 2 is 1.97 bits per heavy atom. The Bertz CT molecular complexity index is 1070. The third kappa shape index (κ3) is 4.92. The highest BCUT2D eigenvalue weighted by atomic mass is 16.5. The maximum absolute atomic E-state index is 11.2. The van der Waals surface area contributed by atoms with Crippen LogP contribution in [0.5, 0.6) is 5.75 Å². The van der Waals surface area contributed by atoms with Crippen LogP contribution in [-0.4, -0.2) is 28.4 Å². The molecule has 1 heterocycles. The van der Waals surface area contributed by atoms with E-state index >= 15 is 0 Å². The number of amides is 1. The third-order valence-corrected chi connectivity index (χ3v) is 4.67. The summed E-state index contributed by atoms with van der Waals surface area (Å²) in [6, 6.07) is 11.4. The summed E-state index contributed by atoms with van der Waals surface area (Å²) in [6.45, 7) is 7.64. The van der Waals surface area contributed by atoms with Gasteiger partial charge in [-0.2, -0.15) is 4.98 Å². The van der Waals surface area contributed by atoms with Gasteiger partial charge in [0.2, 0.25) is 5.82 Å². The molecule has 156 valence electrons. The number of aryl methyl sites for hydroxylation is 2. The summed E-state index contributed by atoms with van der Waals surface area (Å²) in [5.41, 5.74) is 9.68. The van der Waals surface area contributed by atoms with Crippen molar-refractivity contribution < 1.29 is 14.1 Å². The van der Waals surface area contributed by atoms with Crippen molar-refractivity contribution in [3.05, 3.63) is 47.5 Å². The number of carbonyl (C=O) groups is 1. The quantitative estimate of drug-likeness (QED) is 0.542. The van der Waals surface area contributed by atoms with Crippen LogP contribution in [0.15, 0.2) is 45.9 Å². The van der Waals surface area contributed by atoms with Gasteiger partial charge in [-0.15, -0.1) is 0 Å². The van der Waals surface area contributed by atoms with E-state index in [-0.39, 0.29) is 0 Å². The topological polar surface area (TPSA) is 104 Å². The van der Waals surface area contributed by atoms with Crippen LogP contribution >= 0.6 is 0 Å². The molecular weight excluding hydrogens is 380 g/mol. The molecule has 7 heteroatoms. The molecule has 2 aromatic carbocycles. The van der Waals surface area contributed by atoms with Crippen LogP contribution in [0.3, 0.4) is 0 Å². The lowest BCUT2D eigenvalue weighted by molar-refractivity contribution is -0.123. The SMILES string of the molecule is CCCC=Nc1cc(-c2noc(-c3ccc(OC(C)C(N)=O)c(C)c3)n2)ccc1C. The number of nitrogens with zero attached hydrogens (tertiary/aromatic N) is 3. The zero-order valence-corrected chi connectivity index (χ0v) is 17.7. The zero-order valence-electron chi connectivity index (χ0n) is 17.7. The van der Waals surface area contributed by atoms with E-state index in [1.165, 1.54) is 0 Å². The minimum atomic E-state index is -0.708. The molecule has 1 atom stereocenters. The number of benzene rings is 2. The number of ether oxygens (including phenoxy) is 1. The van der Waals surface area contributed by atoms with Gasteiger partial charge in [0.05, 0.1) is 5.69 Å². The molecule has 1 aromatic heterocycles. The van der Waals surface area contributed by atoms with Crippen molar-refractivity contribution in [1.82, 2.24) is 10.1 Å². The van der Waals surface area contributed by atoms with Crippen LogP contribution in [0.25, 0.3) is 22.8 Å². The van der Waals surface area contributed by atoms with Gasteiger partial charge in [-0.25, -0.2) is 0 Å². The Hall–Kier alpha value is -3.48. The monoisotopic (exact) mass is 406 g/mol. The van der Waals surface area contributed by atoms with Crippen LogP contribution in [0.1, 0.15) is 37.8 Å². The number of carbonyl (C=O) groups excluding carboxylic acids is 1. The summed E-state index contributed by atoms with van der Waals surface area (Å²) in [6.07, 6.45) is 3.22. The highest BCUT2D eigenvalue weighted by Gasteiger charge is 2.15. The molecule has 0 aliphatic rings. The van der Waals surface area contributed by atoms with E-state index in [1.807, 2.05) is 50.4 Å². The molecule has 7 nitrogen and oxygen atoms in total. The number of rotatable bonds is 8. The number of hydrogen-bond acceptors (Lipinski definition) is 6. The standard InChI is InChI=1S/C23H26N4O3/c1-5-6-11-25-19-13-17(8-7-14(19)2)22-26-23(30-27-22)18-9-10-20(15(3)12-18)29-16(4)21(24)28/h7-13,16H,5-6H2,1-4H3,(H2,24,28). The summed E-state index contributed by atoms with van der Waals surface area (Å²) >= 11 is 0. The molecule has 0 radical (unpaired) electrons. The molecule has 2 N–H and O–H groups in total. The molecule has 1 amide bonds. The van der Waals surface area contributed by atoms with E-state index in [1.54, 1.807) is 13.0 Å². The normalized spacial score (nSPS) is 12.3. The van der Waals surface area contributed by atoms with Gasteiger partial charge >= 0.3 is 0 Å². The Balaban J connectivity index is 1.84. The van der Waals surface area contributed by atoms with Gasteiger partial charge < -0.3 is 15.0 Å². The molecule has 0 aliphatic carbocycles. The molecule has 1 unspecified atom stereocenters. The summed E-state index contributed by atoms with van der Waals surface area (Å²) in [5.74, 6) is 0.964. The van der Waals surface area contributed by atoms with Gasteiger partial charge in [0.1, 0.15) is 5.75 Å². The van der Waals surface area contributed by atoms with Crippen molar-refractivity contribution in [3.8, 4) is 28.6 Å². The van der Waals surface area contributed by atoms with Gasteiger partial charge in [-0.05, 0) is 62.6 Å². The molecule has 0 saturated carbocycles. The van der Waals surface area contributed by atoms with Crippen LogP contribution in [0.4, 0.5) is 5.69 Å². The van der Waals surface area contributed by atoms with Gasteiger partial charge in [0.25, 0.3) is 11.8 Å². The molecule has 30 heavy (non-hydrogen) atoms. The number of primary amides is 1. The maximum Gasteiger partial charge on any atom is 0.258 e. The maximum atomic E-state index is 11.2. The van der Waals surface area contributed by atoms with E-state index in [4.69, 9.17) is 15.0 Å². The molecule has 0 aliphatic heterocycles. The Kier molecular flexibility index (Phi) is 6.61. The number of aromatic nitrogens is 2. The number of hydrogen-bond donors (Lipinski definition) is 1. The first-order chi connectivity index (χ1) is 14.4. The minimum Gasteiger partial charge on any atom is -0.481 e. The van der Waals surface area contributed by atoms with Crippen molar-refractivity contribution in [3.63, 3.8) is 0 Å². The van der Waals surface area contributed by atoms with E-state index in [2.05, 4.69) is 22.1 Å². The Morgan fingerprint density at radius 1 is 1.20 bits per heavy atom. The fourth-order valence-electron chi connectivity index (χ4n) is 2.80. The van der Waals surface area contributed by atoms with Crippen molar-refractivity contribution in [1.29, 1.82) is 0 Å². The van der Waals surface area contributed by atoms with E-state index < -0.39 is 12.0 Å². The van der Waals surface area contributed by atoms with E-state index in [9.17, 15) is 4.79 Å². The van der Waals surface area contributed by atoms with Crippen molar-refractivity contribution in [2.75, 3.05) is 0 Å². The average Bonchev–Trinajstić information content (AvgIpc) is 3.21. The van der Waals surface area contributed by atoms with Gasteiger partial charge in [0.15, 0.2) is 6.10 Å². The first-order valence-electron chi connectivity index (χ1n) is 9.93. The first-order valence-corrected chi connectivity index (χ1v) is 9.93. The molecule has 0 bridgehead atoms. The Labute approximate surface area is 176 Å². The van der Waals surface area contributed by atoms with E-state index in [0.29, 0.717) is 17.5 Å². The average molecular weight is 406 g/mol. The van der Waals surface area contributed by atoms with Crippen molar-refractivity contribution in [2.24, 2.45) is 10.7 Å². The third-order valence-electron chi connectivity index (χ3n) is 4.67. The predicted octanol–water partition coefficient (Wildman–Crippen LogP) is 4.78. The molecule has 3 aromatic rings. The summed E-state index contributed by atoms with van der Waals surface area (Å²) in [7, 11) is 0. The fourth-order valence-corrected chi connectivity index (χ4v) is 2.80. The molecule has 0 saturated heterocycles. The second kappa shape index (κ2) is 9.35. The molecular formula is C23H26N4O3. The summed E-state index contributed by atoms with van der Waals surface area (Å²) < 4.78 is 11.1. The lowest BCUT2D eigenvalue weighted by Gasteiger charge is -2.13. The number of unbranched alkanes of at least 4 members (excludes halogenated alkanes) is 1. The van der Waals surface area contributed by atoms with Crippen LogP contribution < -0.4 is 10.5 Å². The van der Waals surface area contributed by atoms with Crippen LogP contribution in [0.2, 0.25) is 0 Å². The molecule has 0 fully saturated rings. The minimum absolute atomic E-state index is 0.402. The van der Waals surface area contributed by atoms with Crippen molar-refractivity contribution in [2.45, 2.75) is 46.6 Å². The number of nitrogens with two attached hydrogens (primary N) is 1. The highest BCUT2D eigenvalue weighted by Crippen LogP contribution is 2.29. The summed E-state index contributed by atoms with van der Waals surface area (Å²) in [4.78, 5) is 20.3. The summed E-state index contributed by atoms with van der Waals surface area (Å²) in [5, 5.41) is 4.12. The smallest absolute Gasteiger partial charge is 0.258 e. The van der Waals surface area contributed by atoms with E-state index in [0.717, 1.165) is 40.8 Å². The largest absolute Gasteiger partial charge is 0.481 e. The second-order valence-corrected chi connectivity index (χ2v) is 7.17. The lowest BCUT2D eigenvalue weighted by Crippen LogP contribution is -2.30. The van der Waals surface area contributed by atoms with Gasteiger partial charge in [-0.1, -0.05) is 30.6 Å². The second-order valence-electron chi connectivity index (χ2n) is 7.17. The highest BCUT2D eigenvalue weighted by molar-refractivity contribution is 5.78. The Morgan fingerprint density at radius 3 is 2.67 bits per heavy atom. The van der Waals surface area contributed by atoms with Crippen LogP contribution in [0, 0.1) is 13.8 Å². The molecule has 3 rings (SSSR count). The van der Waals surface area contributed by atoms with Gasteiger partial charge in [0, 0.05) is 17.3 Å². The first kappa shape index (κ1) is 21.2. The van der Waals surface area contributed by atoms with Gasteiger partial charge in [-0.3, -0.25) is 9.79 Å². The lowest BCUT2D eigenvalue weighted by atomic mass is 10.1. The van der Waals surface area contributed by atoms with Crippen LogP contribution in [-0.2, 0) is 4.79 Å². The number of aliphatic imine (C=N–C) groups is 1. The predicted molar refractivity (Wildman–Crippen MR) is 117 cm³/mol. The molecule has 0 spiro atoms. The fraction of sp³-hybridized carbons (Fsp3) is 0.304. The zero-order chi connectivity index (χ0) is 21.7.